The van der Waals surface area contributed by atoms with E-state index in [-0.39, 0.29) is 11.1 Å². The number of alkyl halides is 16. The lowest BCUT2D eigenvalue weighted by atomic mass is 9.88. The van der Waals surface area contributed by atoms with Crippen LogP contribution in [0.4, 0.5) is 70.2 Å². The van der Waals surface area contributed by atoms with Crippen molar-refractivity contribution in [2.75, 3.05) is 19.4 Å². The Bertz CT molecular complexity index is 1510. The zero-order chi connectivity index (χ0) is 40.4. The van der Waals surface area contributed by atoms with E-state index in [1.54, 1.807) is 0 Å². The predicted molar refractivity (Wildman–Crippen MR) is 133 cm³/mol. The van der Waals surface area contributed by atoms with E-state index >= 15 is 0 Å². The third-order valence-electron chi connectivity index (χ3n) is 6.50. The first-order valence-corrected chi connectivity index (χ1v) is 14.9. The van der Waals surface area contributed by atoms with E-state index in [0.717, 1.165) is 31.2 Å². The van der Waals surface area contributed by atoms with Crippen molar-refractivity contribution in [3.63, 3.8) is 0 Å². The highest BCUT2D eigenvalue weighted by atomic mass is 31.2. The van der Waals surface area contributed by atoms with Gasteiger partial charge in [0.05, 0.1) is 19.0 Å². The van der Waals surface area contributed by atoms with Gasteiger partial charge in [-0.25, -0.2) is 0 Å². The SMILES string of the molecule is CC(=O)c1ccc(C(=O)CCC(=O)OCC(F)(F)C(F)(F)C(F)(F)C(F)(F)C(F)(F)C(F)(F)C(F)(F)C(F)(F)COC(=O)CCP(=O)(O)O)cc1. The number of carbonyl (C=O) groups is 4. The van der Waals surface area contributed by atoms with E-state index in [1.807, 2.05) is 0 Å². The topological polar surface area (TPSA) is 144 Å². The molecule has 1 rings (SSSR count). The molecule has 0 amide bonds. The maximum atomic E-state index is 14.1. The Labute approximate surface area is 273 Å². The van der Waals surface area contributed by atoms with Gasteiger partial charge in [0.1, 0.15) is 0 Å². The molecule has 0 atom stereocenters. The number of benzene rings is 1. The van der Waals surface area contributed by atoms with Crippen molar-refractivity contribution >= 4 is 31.1 Å². The van der Waals surface area contributed by atoms with Crippen LogP contribution < -0.4 is 0 Å². The summed E-state index contributed by atoms with van der Waals surface area (Å²) in [6.45, 7) is -5.78. The highest BCUT2D eigenvalue weighted by Crippen LogP contribution is 2.63. The molecule has 0 aromatic heterocycles. The largest absolute Gasteiger partial charge is 0.459 e. The van der Waals surface area contributed by atoms with Crippen molar-refractivity contribution in [3.8, 4) is 0 Å². The second-order valence-corrected chi connectivity index (χ2v) is 12.1. The molecule has 26 heteroatoms. The molecule has 9 nitrogen and oxygen atoms in total. The van der Waals surface area contributed by atoms with Crippen molar-refractivity contribution in [1.82, 2.24) is 0 Å². The molecule has 2 N–H and O–H groups in total. The van der Waals surface area contributed by atoms with Gasteiger partial charge < -0.3 is 19.3 Å². The summed E-state index contributed by atoms with van der Waals surface area (Å²) in [6, 6.07) is 4.31. The Morgan fingerprint density at radius 3 is 1.20 bits per heavy atom. The number of esters is 2. The standard InChI is InChI=1S/C25H21F16O9P/c1-12(42)13-2-4-14(5-3-13)15(43)6-7-16(44)49-10-18(26,27)20(30,31)22(34,35)24(38,39)25(40,41)23(36,37)21(32,33)19(28,29)11-50-17(45)8-9-51(46,47)48/h2-5H,6-11H2,1H3,(H2,46,47,48). The number of Topliss-reactive ketones (excluding diaryl/α,β-unsaturated/α-hetero) is 2. The van der Waals surface area contributed by atoms with Gasteiger partial charge in [-0.2, -0.15) is 70.2 Å². The normalized spacial score (nSPS) is 14.3. The average molecular weight is 800 g/mol. The lowest BCUT2D eigenvalue weighted by Gasteiger charge is -2.43. The van der Waals surface area contributed by atoms with E-state index in [4.69, 9.17) is 9.79 Å². The monoisotopic (exact) mass is 800 g/mol. The van der Waals surface area contributed by atoms with Gasteiger partial charge in [-0.1, -0.05) is 24.3 Å². The molecule has 0 aliphatic carbocycles. The minimum atomic E-state index is -8.79. The van der Waals surface area contributed by atoms with Crippen LogP contribution in [0.3, 0.4) is 0 Å². The third kappa shape index (κ3) is 9.13. The van der Waals surface area contributed by atoms with Crippen molar-refractivity contribution in [1.29, 1.82) is 0 Å². The Balaban J connectivity index is 3.19. The van der Waals surface area contributed by atoms with E-state index in [1.165, 1.54) is 0 Å². The molecule has 1 aromatic carbocycles. The van der Waals surface area contributed by atoms with Crippen LogP contribution in [0.25, 0.3) is 0 Å². The van der Waals surface area contributed by atoms with Crippen LogP contribution in [0.1, 0.15) is 46.9 Å². The third-order valence-corrected chi connectivity index (χ3v) is 7.30. The van der Waals surface area contributed by atoms with E-state index < -0.39 is 117 Å². The summed E-state index contributed by atoms with van der Waals surface area (Å²) in [7, 11) is -5.13. The average Bonchev–Trinajstić information content (AvgIpc) is 2.99. The van der Waals surface area contributed by atoms with Gasteiger partial charge in [-0.15, -0.1) is 0 Å². The van der Waals surface area contributed by atoms with Gasteiger partial charge in [-0.3, -0.25) is 23.7 Å². The zero-order valence-electron chi connectivity index (χ0n) is 24.8. The van der Waals surface area contributed by atoms with Crippen LogP contribution in [0.2, 0.25) is 0 Å². The molecule has 0 radical (unpaired) electrons. The summed E-state index contributed by atoms with van der Waals surface area (Å²) in [6.07, 6.45) is -5.51. The van der Waals surface area contributed by atoms with E-state index in [0.29, 0.717) is 0 Å². The maximum Gasteiger partial charge on any atom is 0.385 e. The molecule has 292 valence electrons. The fraction of sp³-hybridized carbons (Fsp3) is 0.600. The second kappa shape index (κ2) is 14.9. The highest BCUT2D eigenvalue weighted by Gasteiger charge is 2.95. The molecule has 0 heterocycles. The Morgan fingerprint density at radius 1 is 0.549 bits per heavy atom. The molecule has 0 bridgehead atoms. The molecule has 0 saturated carbocycles. The van der Waals surface area contributed by atoms with Crippen molar-refractivity contribution in [3.05, 3.63) is 35.4 Å². The predicted octanol–water partition coefficient (Wildman–Crippen LogP) is 6.59. The molecule has 0 unspecified atom stereocenters. The van der Waals surface area contributed by atoms with Crippen molar-refractivity contribution in [2.24, 2.45) is 0 Å². The van der Waals surface area contributed by atoms with Gasteiger partial charge >= 0.3 is 66.9 Å². The molecule has 1 aromatic rings. The lowest BCUT2D eigenvalue weighted by Crippen LogP contribution is -2.75. The smallest absolute Gasteiger partial charge is 0.385 e. The Morgan fingerprint density at radius 2 is 0.863 bits per heavy atom. The molecule has 51 heavy (non-hydrogen) atoms. The van der Waals surface area contributed by atoms with Gasteiger partial charge in [0, 0.05) is 17.5 Å². The van der Waals surface area contributed by atoms with Crippen molar-refractivity contribution < 1.29 is 113 Å². The Hall–Kier alpha value is -3.47. The number of carbonyl (C=O) groups excluding carboxylic acids is 4. The van der Waals surface area contributed by atoms with Crippen molar-refractivity contribution in [2.45, 2.75) is 73.6 Å². The number of hydrogen-bond donors (Lipinski definition) is 2. The number of rotatable bonds is 19. The van der Waals surface area contributed by atoms with Gasteiger partial charge in [-0.05, 0) is 6.92 Å². The first-order chi connectivity index (χ1) is 22.5. The molecule has 0 saturated heterocycles. The summed E-state index contributed by atoms with van der Waals surface area (Å²) >= 11 is 0. The minimum absolute atomic E-state index is 0.0998. The Kier molecular flexibility index (Phi) is 13.3. The van der Waals surface area contributed by atoms with Crippen LogP contribution in [-0.4, -0.2) is 100 Å². The van der Waals surface area contributed by atoms with Crippen LogP contribution >= 0.6 is 7.60 Å². The zero-order valence-corrected chi connectivity index (χ0v) is 25.7. The van der Waals surface area contributed by atoms with Crippen LogP contribution in [0, 0.1) is 0 Å². The number of halogens is 16. The molecule has 0 aliphatic rings. The summed E-state index contributed by atoms with van der Waals surface area (Å²) in [5.74, 6) is -70.7. The summed E-state index contributed by atoms with van der Waals surface area (Å²) < 4.78 is 242. The second-order valence-electron chi connectivity index (χ2n) is 10.4. The molecule has 0 spiro atoms. The fourth-order valence-corrected chi connectivity index (χ4v) is 3.88. The van der Waals surface area contributed by atoms with Gasteiger partial charge in [0.15, 0.2) is 24.8 Å². The minimum Gasteiger partial charge on any atom is -0.459 e. The maximum absolute atomic E-state index is 14.1. The highest BCUT2D eigenvalue weighted by molar-refractivity contribution is 7.51. The fourth-order valence-electron chi connectivity index (χ4n) is 3.40. The number of ketones is 2. The van der Waals surface area contributed by atoms with Gasteiger partial charge in [0.25, 0.3) is 0 Å². The van der Waals surface area contributed by atoms with Crippen LogP contribution in [0.5, 0.6) is 0 Å². The molecule has 0 fully saturated rings. The van der Waals surface area contributed by atoms with E-state index in [9.17, 15) is 94.0 Å². The van der Waals surface area contributed by atoms with Gasteiger partial charge in [0.2, 0.25) is 0 Å². The quantitative estimate of drug-likeness (QED) is 0.0686. The first kappa shape index (κ1) is 45.6. The van der Waals surface area contributed by atoms with Crippen LogP contribution in [-0.2, 0) is 23.6 Å². The summed E-state index contributed by atoms with van der Waals surface area (Å²) in [5.41, 5.74) is -0.130. The molecular weight excluding hydrogens is 779 g/mol. The summed E-state index contributed by atoms with van der Waals surface area (Å²) in [5, 5.41) is 0. The molecular formula is C25H21F16O9P. The van der Waals surface area contributed by atoms with Crippen LogP contribution in [0.15, 0.2) is 24.3 Å². The van der Waals surface area contributed by atoms with E-state index in [2.05, 4.69) is 9.47 Å². The number of hydrogen-bond acceptors (Lipinski definition) is 7. The molecule has 0 aliphatic heterocycles. The number of ether oxygens (including phenoxy) is 2. The first-order valence-electron chi connectivity index (χ1n) is 13.1. The summed E-state index contributed by atoms with van der Waals surface area (Å²) in [4.78, 5) is 63.0. The lowest BCUT2D eigenvalue weighted by molar-refractivity contribution is -0.454.